The van der Waals surface area contributed by atoms with E-state index in [1.807, 2.05) is 0 Å². The molecule has 0 unspecified atom stereocenters. The average molecular weight is 198 g/mol. The van der Waals surface area contributed by atoms with Crippen molar-refractivity contribution in [1.29, 1.82) is 0 Å². The fraction of sp³-hybridized carbons (Fsp3) is 0.500. The van der Waals surface area contributed by atoms with Crippen LogP contribution in [0.4, 0.5) is 0 Å². The summed E-state index contributed by atoms with van der Waals surface area (Å²) in [6.45, 7) is 1.32. The van der Waals surface area contributed by atoms with Crippen LogP contribution in [-0.2, 0) is 19.1 Å². The lowest BCUT2D eigenvalue weighted by Gasteiger charge is -1.93. The van der Waals surface area contributed by atoms with E-state index in [9.17, 15) is 14.4 Å². The lowest BCUT2D eigenvalue weighted by atomic mass is 10.1. The van der Waals surface area contributed by atoms with Gasteiger partial charge in [0.05, 0.1) is 7.11 Å². The van der Waals surface area contributed by atoms with Gasteiger partial charge in [0, 0.05) is 12.8 Å². The molecule has 0 amide bonds. The number of esters is 1. The van der Waals surface area contributed by atoms with E-state index in [2.05, 4.69) is 9.53 Å². The van der Waals surface area contributed by atoms with Gasteiger partial charge in [0.1, 0.15) is 5.78 Å². The van der Waals surface area contributed by atoms with Gasteiger partial charge in [-0.2, -0.15) is 4.79 Å². The van der Waals surface area contributed by atoms with E-state index in [1.165, 1.54) is 6.92 Å². The summed E-state index contributed by atoms with van der Waals surface area (Å²) in [5.41, 5.74) is 7.66. The zero-order valence-electron chi connectivity index (χ0n) is 7.94. The summed E-state index contributed by atoms with van der Waals surface area (Å²) < 4.78 is 4.20. The Bertz CT molecular complexity index is 315. The van der Waals surface area contributed by atoms with Gasteiger partial charge in [0.15, 0.2) is 0 Å². The van der Waals surface area contributed by atoms with Crippen LogP contribution in [0.3, 0.4) is 0 Å². The molecule has 0 N–H and O–H groups in total. The third-order valence-corrected chi connectivity index (χ3v) is 1.45. The highest BCUT2D eigenvalue weighted by molar-refractivity contribution is 6.62. The molecule has 0 spiro atoms. The van der Waals surface area contributed by atoms with Crippen molar-refractivity contribution in [3.05, 3.63) is 5.53 Å². The standard InChI is InChI=1S/C8H10N2O4/c1-5(11)3-4-6(12)7(10-9)8(13)14-2/h3-4H2,1-2H3. The lowest BCUT2D eigenvalue weighted by molar-refractivity contribution is -0.140. The molecule has 0 saturated carbocycles. The Morgan fingerprint density at radius 1 is 1.29 bits per heavy atom. The monoisotopic (exact) mass is 198 g/mol. The molecule has 0 aromatic carbocycles. The predicted octanol–water partition coefficient (Wildman–Crippen LogP) is -0.232. The van der Waals surface area contributed by atoms with Crippen molar-refractivity contribution in [1.82, 2.24) is 0 Å². The van der Waals surface area contributed by atoms with Gasteiger partial charge in [0.2, 0.25) is 0 Å². The molecule has 0 atom stereocenters. The second-order valence-electron chi connectivity index (χ2n) is 2.57. The molecule has 76 valence electrons. The number of rotatable bonds is 5. The van der Waals surface area contributed by atoms with Gasteiger partial charge in [-0.05, 0) is 6.92 Å². The number of carbonyl (C=O) groups is 3. The highest BCUT2D eigenvalue weighted by Crippen LogP contribution is 1.94. The normalized spacial score (nSPS) is 8.71. The Kier molecular flexibility index (Phi) is 5.02. The number of nitrogens with zero attached hydrogens (tertiary/aromatic N) is 2. The Hall–Kier alpha value is -1.81. The van der Waals surface area contributed by atoms with Gasteiger partial charge < -0.3 is 15.1 Å². The molecule has 0 saturated heterocycles. The number of carbonyl (C=O) groups excluding carboxylic acids is 3. The van der Waals surface area contributed by atoms with Gasteiger partial charge in [-0.3, -0.25) is 4.79 Å². The van der Waals surface area contributed by atoms with Crippen molar-refractivity contribution in [3.8, 4) is 0 Å². The van der Waals surface area contributed by atoms with Gasteiger partial charge in [-0.1, -0.05) is 0 Å². The molecule has 0 bridgehead atoms. The van der Waals surface area contributed by atoms with E-state index in [0.29, 0.717) is 0 Å². The summed E-state index contributed by atoms with van der Waals surface area (Å²) in [5, 5.41) is 0. The van der Waals surface area contributed by atoms with E-state index >= 15 is 0 Å². The first-order valence-corrected chi connectivity index (χ1v) is 3.86. The van der Waals surface area contributed by atoms with Crippen molar-refractivity contribution in [3.63, 3.8) is 0 Å². The Morgan fingerprint density at radius 3 is 2.21 bits per heavy atom. The topological polar surface area (TPSA) is 96.8 Å². The quantitative estimate of drug-likeness (QED) is 0.200. The first-order chi connectivity index (χ1) is 6.52. The fourth-order valence-corrected chi connectivity index (χ4v) is 0.715. The largest absolute Gasteiger partial charge is 0.460 e. The number of Topliss-reactive ketones (excluding diaryl/α,β-unsaturated/α-hetero) is 2. The SMILES string of the molecule is COC(=O)C(=[N+]=[N-])C(=O)CCC(C)=O. The Balaban J connectivity index is 4.43. The Morgan fingerprint density at radius 2 is 1.86 bits per heavy atom. The third-order valence-electron chi connectivity index (χ3n) is 1.45. The highest BCUT2D eigenvalue weighted by Gasteiger charge is 2.29. The summed E-state index contributed by atoms with van der Waals surface area (Å²) >= 11 is 0. The molecule has 0 fully saturated rings. The van der Waals surface area contributed by atoms with Crippen LogP contribution in [0.5, 0.6) is 0 Å². The number of hydrogen-bond donors (Lipinski definition) is 0. The van der Waals surface area contributed by atoms with Crippen LogP contribution in [0.2, 0.25) is 0 Å². The molecular weight excluding hydrogens is 188 g/mol. The van der Waals surface area contributed by atoms with Crippen LogP contribution in [0.25, 0.3) is 5.53 Å². The smallest absolute Gasteiger partial charge is 0.441 e. The van der Waals surface area contributed by atoms with Crippen LogP contribution >= 0.6 is 0 Å². The number of ether oxygens (including phenoxy) is 1. The summed E-state index contributed by atoms with van der Waals surface area (Å²) in [4.78, 5) is 35.0. The van der Waals surface area contributed by atoms with E-state index in [-0.39, 0.29) is 18.6 Å². The van der Waals surface area contributed by atoms with Gasteiger partial charge in [-0.25, -0.2) is 4.79 Å². The summed E-state index contributed by atoms with van der Waals surface area (Å²) in [6, 6.07) is 0. The molecule has 6 heteroatoms. The minimum atomic E-state index is -1.01. The maximum atomic E-state index is 11.1. The van der Waals surface area contributed by atoms with Crippen molar-refractivity contribution >= 4 is 23.2 Å². The van der Waals surface area contributed by atoms with Gasteiger partial charge in [0.25, 0.3) is 5.78 Å². The van der Waals surface area contributed by atoms with Crippen molar-refractivity contribution in [2.24, 2.45) is 0 Å². The number of hydrogen-bond acceptors (Lipinski definition) is 4. The minimum Gasteiger partial charge on any atom is -0.460 e. The maximum absolute atomic E-state index is 11.1. The molecule has 0 aromatic heterocycles. The van der Waals surface area contributed by atoms with Gasteiger partial charge >= 0.3 is 11.7 Å². The first-order valence-electron chi connectivity index (χ1n) is 3.86. The minimum absolute atomic E-state index is 0.00878. The number of methoxy groups -OCH3 is 1. The van der Waals surface area contributed by atoms with E-state index in [0.717, 1.165) is 7.11 Å². The summed E-state index contributed by atoms with van der Waals surface area (Å²) in [5.74, 6) is -1.91. The summed E-state index contributed by atoms with van der Waals surface area (Å²) in [7, 11) is 1.06. The van der Waals surface area contributed by atoms with Gasteiger partial charge in [-0.15, -0.1) is 0 Å². The van der Waals surface area contributed by atoms with Crippen molar-refractivity contribution in [2.45, 2.75) is 19.8 Å². The molecule has 0 aliphatic heterocycles. The summed E-state index contributed by atoms with van der Waals surface area (Å²) in [6.07, 6.45) is -0.154. The van der Waals surface area contributed by atoms with Crippen LogP contribution in [0, 0.1) is 0 Å². The highest BCUT2D eigenvalue weighted by atomic mass is 16.5. The molecule has 0 aliphatic rings. The molecule has 0 rings (SSSR count). The lowest BCUT2D eigenvalue weighted by Crippen LogP contribution is -2.26. The average Bonchev–Trinajstić information content (AvgIpc) is 2.15. The van der Waals surface area contributed by atoms with E-state index in [1.54, 1.807) is 0 Å². The molecule has 6 nitrogen and oxygen atoms in total. The van der Waals surface area contributed by atoms with Crippen LogP contribution in [-0.4, -0.2) is 35.1 Å². The fourth-order valence-electron chi connectivity index (χ4n) is 0.715. The van der Waals surface area contributed by atoms with E-state index in [4.69, 9.17) is 5.53 Å². The first kappa shape index (κ1) is 12.2. The van der Waals surface area contributed by atoms with Crippen molar-refractivity contribution in [2.75, 3.05) is 7.11 Å². The predicted molar refractivity (Wildman–Crippen MR) is 45.6 cm³/mol. The zero-order valence-corrected chi connectivity index (χ0v) is 7.94. The van der Waals surface area contributed by atoms with Crippen LogP contribution in [0.15, 0.2) is 0 Å². The molecule has 0 aliphatic carbocycles. The van der Waals surface area contributed by atoms with Crippen molar-refractivity contribution < 1.29 is 23.9 Å². The van der Waals surface area contributed by atoms with E-state index < -0.39 is 17.5 Å². The molecule has 0 aromatic rings. The molecule has 0 heterocycles. The van der Waals surface area contributed by atoms with Crippen LogP contribution in [0.1, 0.15) is 19.8 Å². The molecule has 0 radical (unpaired) electrons. The number of ketones is 2. The second-order valence-corrected chi connectivity index (χ2v) is 2.57. The second kappa shape index (κ2) is 5.77. The maximum Gasteiger partial charge on any atom is 0.441 e. The molecular formula is C8H10N2O4. The van der Waals surface area contributed by atoms with Crippen LogP contribution < -0.4 is 0 Å². The third kappa shape index (κ3) is 3.73. The molecule has 14 heavy (non-hydrogen) atoms. The Labute approximate surface area is 80.5 Å². The zero-order chi connectivity index (χ0) is 11.1.